The van der Waals surface area contributed by atoms with Crippen molar-refractivity contribution >= 4 is 5.78 Å². The number of rotatable bonds is 4. The van der Waals surface area contributed by atoms with Gasteiger partial charge in [-0.15, -0.1) is 11.8 Å². The van der Waals surface area contributed by atoms with Gasteiger partial charge in [0.1, 0.15) is 5.78 Å². The van der Waals surface area contributed by atoms with E-state index < -0.39 is 0 Å². The third kappa shape index (κ3) is 3.20. The second-order valence-electron chi connectivity index (χ2n) is 3.86. The summed E-state index contributed by atoms with van der Waals surface area (Å²) in [5.74, 6) is 5.94. The molecule has 0 atom stereocenters. The predicted molar refractivity (Wildman–Crippen MR) is 53.1 cm³/mol. The summed E-state index contributed by atoms with van der Waals surface area (Å²) in [5.41, 5.74) is 5.80. The van der Waals surface area contributed by atoms with E-state index in [0.29, 0.717) is 19.3 Å². The van der Waals surface area contributed by atoms with Crippen LogP contribution in [0.2, 0.25) is 0 Å². The van der Waals surface area contributed by atoms with Crippen molar-refractivity contribution in [1.29, 1.82) is 0 Å². The predicted octanol–water partition coefficient (Wildman–Crippen LogP) is 1.63. The van der Waals surface area contributed by atoms with Crippen LogP contribution < -0.4 is 5.73 Å². The van der Waals surface area contributed by atoms with Crippen molar-refractivity contribution in [3.63, 3.8) is 0 Å². The van der Waals surface area contributed by atoms with Gasteiger partial charge in [-0.25, -0.2) is 0 Å². The van der Waals surface area contributed by atoms with Crippen LogP contribution >= 0.6 is 0 Å². The Kier molecular flexibility index (Phi) is 3.50. The maximum absolute atomic E-state index is 11.4. The third-order valence-electron chi connectivity index (χ3n) is 2.60. The van der Waals surface area contributed by atoms with Crippen molar-refractivity contribution in [3.8, 4) is 11.8 Å². The van der Waals surface area contributed by atoms with Crippen LogP contribution in [-0.4, -0.2) is 11.3 Å². The minimum absolute atomic E-state index is 0.156. The van der Waals surface area contributed by atoms with Gasteiger partial charge in [-0.1, -0.05) is 0 Å². The van der Waals surface area contributed by atoms with Crippen LogP contribution in [-0.2, 0) is 4.79 Å². The van der Waals surface area contributed by atoms with Gasteiger partial charge in [0, 0.05) is 24.8 Å². The van der Waals surface area contributed by atoms with Gasteiger partial charge in [-0.3, -0.25) is 4.79 Å². The molecule has 0 aromatic heterocycles. The molecule has 0 bridgehead atoms. The average Bonchev–Trinajstić information content (AvgIpc) is 2.02. The van der Waals surface area contributed by atoms with E-state index >= 15 is 0 Å². The molecular formula is C11H17NO. The number of hydrogen-bond donors (Lipinski definition) is 1. The highest BCUT2D eigenvalue weighted by Crippen LogP contribution is 2.32. The van der Waals surface area contributed by atoms with Crippen LogP contribution in [0.5, 0.6) is 0 Å². The molecule has 2 nitrogen and oxygen atoms in total. The molecule has 13 heavy (non-hydrogen) atoms. The topological polar surface area (TPSA) is 43.1 Å². The van der Waals surface area contributed by atoms with Crippen LogP contribution in [0.1, 0.15) is 45.4 Å². The van der Waals surface area contributed by atoms with E-state index in [2.05, 4.69) is 11.8 Å². The Morgan fingerprint density at radius 1 is 1.54 bits per heavy atom. The lowest BCUT2D eigenvalue weighted by molar-refractivity contribution is -0.120. The van der Waals surface area contributed by atoms with E-state index in [1.165, 1.54) is 6.42 Å². The number of hydrogen-bond acceptors (Lipinski definition) is 2. The Hall–Kier alpha value is -0.810. The minimum Gasteiger partial charge on any atom is -0.325 e. The standard InChI is InChI=1S/C11H17NO/c1-2-3-4-6-10(13)9-11(12)7-5-8-11/h4-9,12H2,1H3. The Morgan fingerprint density at radius 3 is 2.69 bits per heavy atom. The summed E-state index contributed by atoms with van der Waals surface area (Å²) >= 11 is 0. The van der Waals surface area contributed by atoms with Gasteiger partial charge in [0.25, 0.3) is 0 Å². The van der Waals surface area contributed by atoms with Crippen molar-refractivity contribution in [1.82, 2.24) is 0 Å². The second kappa shape index (κ2) is 4.43. The summed E-state index contributed by atoms with van der Waals surface area (Å²) in [6, 6.07) is 0. The van der Waals surface area contributed by atoms with Crippen LogP contribution in [0.4, 0.5) is 0 Å². The summed E-state index contributed by atoms with van der Waals surface area (Å²) in [5, 5.41) is 0. The first-order valence-electron chi connectivity index (χ1n) is 4.86. The fourth-order valence-corrected chi connectivity index (χ4v) is 1.62. The molecule has 0 radical (unpaired) electrons. The second-order valence-corrected chi connectivity index (χ2v) is 3.86. The monoisotopic (exact) mass is 179 g/mol. The average molecular weight is 179 g/mol. The summed E-state index contributed by atoms with van der Waals surface area (Å²) in [7, 11) is 0. The third-order valence-corrected chi connectivity index (χ3v) is 2.60. The molecule has 1 aliphatic rings. The SMILES string of the molecule is CC#CCCC(=O)CC1(N)CCC1. The first-order chi connectivity index (χ1) is 6.16. The van der Waals surface area contributed by atoms with E-state index in [4.69, 9.17) is 5.73 Å². The van der Waals surface area contributed by atoms with E-state index in [1.54, 1.807) is 6.92 Å². The Bertz CT molecular complexity index is 243. The number of ketones is 1. The number of nitrogens with two attached hydrogens (primary N) is 1. The van der Waals surface area contributed by atoms with Crippen molar-refractivity contribution < 1.29 is 4.79 Å². The lowest BCUT2D eigenvalue weighted by atomic mass is 9.74. The Balaban J connectivity index is 2.19. The molecule has 0 amide bonds. The molecule has 1 aliphatic carbocycles. The van der Waals surface area contributed by atoms with Gasteiger partial charge in [-0.2, -0.15) is 0 Å². The molecule has 1 fully saturated rings. The van der Waals surface area contributed by atoms with E-state index in [9.17, 15) is 4.79 Å². The normalized spacial score (nSPS) is 18.3. The van der Waals surface area contributed by atoms with E-state index in [0.717, 1.165) is 12.8 Å². The van der Waals surface area contributed by atoms with Crippen molar-refractivity contribution in [2.24, 2.45) is 5.73 Å². The molecular weight excluding hydrogens is 162 g/mol. The molecule has 0 spiro atoms. The first-order valence-corrected chi connectivity index (χ1v) is 4.86. The van der Waals surface area contributed by atoms with Crippen LogP contribution in [0.25, 0.3) is 0 Å². The summed E-state index contributed by atoms with van der Waals surface area (Å²) in [6.07, 6.45) is 5.01. The molecule has 0 aromatic rings. The molecule has 72 valence electrons. The first kappa shape index (κ1) is 10.3. The molecule has 0 heterocycles. The van der Waals surface area contributed by atoms with Gasteiger partial charge in [0.2, 0.25) is 0 Å². The quantitative estimate of drug-likeness (QED) is 0.666. The summed E-state index contributed by atoms with van der Waals surface area (Å²) in [4.78, 5) is 11.4. The maximum atomic E-state index is 11.4. The number of carbonyl (C=O) groups excluding carboxylic acids is 1. The summed E-state index contributed by atoms with van der Waals surface area (Å²) in [6.45, 7) is 1.79. The van der Waals surface area contributed by atoms with Gasteiger partial charge < -0.3 is 5.73 Å². The largest absolute Gasteiger partial charge is 0.325 e. The molecule has 2 N–H and O–H groups in total. The van der Waals surface area contributed by atoms with E-state index in [-0.39, 0.29) is 11.3 Å². The fraction of sp³-hybridized carbons (Fsp3) is 0.727. The molecule has 0 aliphatic heterocycles. The zero-order valence-corrected chi connectivity index (χ0v) is 8.23. The number of Topliss-reactive ketones (excluding diaryl/α,β-unsaturated/α-hetero) is 1. The smallest absolute Gasteiger partial charge is 0.135 e. The van der Waals surface area contributed by atoms with Gasteiger partial charge in [0.15, 0.2) is 0 Å². The van der Waals surface area contributed by atoms with E-state index in [1.807, 2.05) is 0 Å². The molecule has 1 saturated carbocycles. The molecule has 0 aromatic carbocycles. The Morgan fingerprint density at radius 2 is 2.23 bits per heavy atom. The van der Waals surface area contributed by atoms with Crippen molar-refractivity contribution in [2.45, 2.75) is 51.0 Å². The fourth-order valence-electron chi connectivity index (χ4n) is 1.62. The van der Waals surface area contributed by atoms with Gasteiger partial charge in [-0.05, 0) is 26.2 Å². The van der Waals surface area contributed by atoms with Crippen molar-refractivity contribution in [3.05, 3.63) is 0 Å². The molecule has 1 rings (SSSR count). The highest BCUT2D eigenvalue weighted by Gasteiger charge is 2.34. The highest BCUT2D eigenvalue weighted by atomic mass is 16.1. The highest BCUT2D eigenvalue weighted by molar-refractivity contribution is 5.80. The van der Waals surface area contributed by atoms with Crippen LogP contribution in [0, 0.1) is 11.8 Å². The zero-order valence-electron chi connectivity index (χ0n) is 8.23. The van der Waals surface area contributed by atoms with Crippen molar-refractivity contribution in [2.75, 3.05) is 0 Å². The maximum Gasteiger partial charge on any atom is 0.135 e. The zero-order chi connectivity index (χ0) is 9.73. The van der Waals surface area contributed by atoms with Crippen LogP contribution in [0.15, 0.2) is 0 Å². The number of carbonyl (C=O) groups is 1. The minimum atomic E-state index is -0.156. The lowest BCUT2D eigenvalue weighted by Crippen LogP contribution is -2.48. The lowest BCUT2D eigenvalue weighted by Gasteiger charge is -2.37. The molecule has 2 heteroatoms. The van der Waals surface area contributed by atoms with Crippen LogP contribution in [0.3, 0.4) is 0 Å². The van der Waals surface area contributed by atoms with Gasteiger partial charge in [0.05, 0.1) is 0 Å². The summed E-state index contributed by atoms with van der Waals surface area (Å²) < 4.78 is 0. The molecule has 0 saturated heterocycles. The molecule has 0 unspecified atom stereocenters. The van der Waals surface area contributed by atoms with Gasteiger partial charge >= 0.3 is 0 Å². The Labute approximate surface area is 79.9 Å².